The minimum atomic E-state index is -0.987. The summed E-state index contributed by atoms with van der Waals surface area (Å²) in [6.07, 6.45) is 4.60. The molecule has 0 aliphatic carbocycles. The maximum atomic E-state index is 12.9. The predicted octanol–water partition coefficient (Wildman–Crippen LogP) is 2.55. The molecule has 10 nitrogen and oxygen atoms in total. The Morgan fingerprint density at radius 2 is 2.08 bits per heavy atom. The Bertz CT molecular complexity index is 1340. The van der Waals surface area contributed by atoms with Gasteiger partial charge in [0.15, 0.2) is 0 Å². The number of hydrogen-bond donors (Lipinski definition) is 2. The number of amides is 2. The standard InChI is InChI=1S/C26H31N5O5/c1-17-7-8-19-20(31(17)26(34)35)9-10-21-25(19)28-22(11-13-29-12-3-2-6-24(29)33)30(21)16-23(32)27-15-18-5-4-14-36-18/h2-3,6,9-10,12,17-18H,4-5,7-8,11,13-16H2,1H3,(H,27,32)(H,34,35)/t17-,18+/m0/s1. The van der Waals surface area contributed by atoms with Crippen molar-refractivity contribution in [2.24, 2.45) is 0 Å². The third kappa shape index (κ3) is 4.73. The molecule has 0 spiro atoms. The zero-order valence-corrected chi connectivity index (χ0v) is 20.4. The maximum Gasteiger partial charge on any atom is 0.412 e. The summed E-state index contributed by atoms with van der Waals surface area (Å²) in [6, 6.07) is 8.56. The number of carbonyl (C=O) groups excluding carboxylic acids is 1. The molecule has 0 unspecified atom stereocenters. The van der Waals surface area contributed by atoms with E-state index in [4.69, 9.17) is 9.72 Å². The molecule has 2 atom stereocenters. The van der Waals surface area contributed by atoms with Gasteiger partial charge in [0.05, 0.1) is 22.8 Å². The fourth-order valence-electron chi connectivity index (χ4n) is 5.23. The van der Waals surface area contributed by atoms with Crippen LogP contribution in [-0.2, 0) is 35.5 Å². The van der Waals surface area contributed by atoms with Crippen LogP contribution in [-0.4, -0.2) is 56.5 Å². The van der Waals surface area contributed by atoms with Crippen molar-refractivity contribution < 1.29 is 19.4 Å². The molecule has 2 aromatic heterocycles. The zero-order chi connectivity index (χ0) is 25.2. The minimum Gasteiger partial charge on any atom is -0.465 e. The third-order valence-corrected chi connectivity index (χ3v) is 7.13. The number of carbonyl (C=O) groups is 2. The van der Waals surface area contributed by atoms with Gasteiger partial charge in [0.1, 0.15) is 12.4 Å². The van der Waals surface area contributed by atoms with E-state index in [0.29, 0.717) is 49.4 Å². The summed E-state index contributed by atoms with van der Waals surface area (Å²) < 4.78 is 9.11. The zero-order valence-electron chi connectivity index (χ0n) is 20.4. The molecule has 36 heavy (non-hydrogen) atoms. The van der Waals surface area contributed by atoms with E-state index in [1.165, 1.54) is 11.0 Å². The number of pyridine rings is 1. The largest absolute Gasteiger partial charge is 0.465 e. The van der Waals surface area contributed by atoms with Crippen molar-refractivity contribution in [2.75, 3.05) is 18.1 Å². The molecule has 2 aliphatic heterocycles. The molecule has 1 aromatic carbocycles. The number of rotatable bonds is 7. The van der Waals surface area contributed by atoms with E-state index >= 15 is 0 Å². The SMILES string of the molecule is C[C@H]1CCc2c(ccc3c2nc(CCn2ccccc2=O)n3CC(=O)NC[C@H]2CCCO2)N1C(=O)O. The third-order valence-electron chi connectivity index (χ3n) is 7.13. The normalized spacial score (nSPS) is 19.4. The number of hydrogen-bond acceptors (Lipinski definition) is 5. The van der Waals surface area contributed by atoms with Crippen LogP contribution in [0.2, 0.25) is 0 Å². The minimum absolute atomic E-state index is 0.0499. The van der Waals surface area contributed by atoms with Gasteiger partial charge in [0.2, 0.25) is 5.91 Å². The highest BCUT2D eigenvalue weighted by Crippen LogP contribution is 2.36. The second-order valence-electron chi connectivity index (χ2n) is 9.51. The summed E-state index contributed by atoms with van der Waals surface area (Å²) in [4.78, 5) is 43.4. The Morgan fingerprint density at radius 1 is 1.22 bits per heavy atom. The van der Waals surface area contributed by atoms with E-state index < -0.39 is 6.09 Å². The van der Waals surface area contributed by atoms with Gasteiger partial charge in [-0.1, -0.05) is 6.07 Å². The number of imidazole rings is 1. The lowest BCUT2D eigenvalue weighted by Crippen LogP contribution is -2.41. The van der Waals surface area contributed by atoms with Gasteiger partial charge >= 0.3 is 6.09 Å². The first-order valence-electron chi connectivity index (χ1n) is 12.5. The maximum absolute atomic E-state index is 12.9. The van der Waals surface area contributed by atoms with Gasteiger partial charge in [-0.05, 0) is 50.8 Å². The summed E-state index contributed by atoms with van der Waals surface area (Å²) in [5.41, 5.74) is 2.93. The number of ether oxygens (including phenoxy) is 1. The molecule has 2 N–H and O–H groups in total. The number of aryl methyl sites for hydroxylation is 3. The van der Waals surface area contributed by atoms with Crippen LogP contribution in [0.3, 0.4) is 0 Å². The van der Waals surface area contributed by atoms with Crippen molar-refractivity contribution in [1.82, 2.24) is 19.4 Å². The predicted molar refractivity (Wildman–Crippen MR) is 134 cm³/mol. The number of nitrogens with one attached hydrogen (secondary N) is 1. The van der Waals surface area contributed by atoms with Gasteiger partial charge in [0.25, 0.3) is 5.56 Å². The molecule has 190 valence electrons. The monoisotopic (exact) mass is 493 g/mol. The number of anilines is 1. The Kier molecular flexibility index (Phi) is 6.77. The first kappa shape index (κ1) is 24.1. The van der Waals surface area contributed by atoms with Gasteiger partial charge in [-0.25, -0.2) is 9.78 Å². The number of carboxylic acid groups (broad SMARTS) is 1. The fourth-order valence-corrected chi connectivity index (χ4v) is 5.23. The van der Waals surface area contributed by atoms with Crippen molar-refractivity contribution in [3.05, 3.63) is 58.3 Å². The van der Waals surface area contributed by atoms with Crippen LogP contribution in [0.4, 0.5) is 10.5 Å². The first-order chi connectivity index (χ1) is 17.4. The molecular weight excluding hydrogens is 462 g/mol. The Morgan fingerprint density at radius 3 is 2.83 bits per heavy atom. The van der Waals surface area contributed by atoms with Crippen LogP contribution in [0.1, 0.15) is 37.6 Å². The van der Waals surface area contributed by atoms with E-state index in [2.05, 4.69) is 5.32 Å². The quantitative estimate of drug-likeness (QED) is 0.522. The van der Waals surface area contributed by atoms with Crippen molar-refractivity contribution in [1.29, 1.82) is 0 Å². The molecule has 5 rings (SSSR count). The molecule has 0 saturated carbocycles. The van der Waals surface area contributed by atoms with Crippen LogP contribution in [0.5, 0.6) is 0 Å². The van der Waals surface area contributed by atoms with Crippen LogP contribution in [0.15, 0.2) is 41.3 Å². The highest BCUT2D eigenvalue weighted by molar-refractivity contribution is 5.95. The average Bonchev–Trinajstić information content (AvgIpc) is 3.50. The van der Waals surface area contributed by atoms with Gasteiger partial charge in [-0.15, -0.1) is 0 Å². The van der Waals surface area contributed by atoms with E-state index in [9.17, 15) is 19.5 Å². The number of benzene rings is 1. The molecule has 1 fully saturated rings. The second kappa shape index (κ2) is 10.1. The molecule has 0 radical (unpaired) electrons. The lowest BCUT2D eigenvalue weighted by molar-refractivity contribution is -0.122. The molecule has 1 saturated heterocycles. The van der Waals surface area contributed by atoms with Gasteiger partial charge in [0, 0.05) is 50.0 Å². The van der Waals surface area contributed by atoms with E-state index in [0.717, 1.165) is 30.5 Å². The van der Waals surface area contributed by atoms with Gasteiger partial charge < -0.3 is 24.3 Å². The Hall–Kier alpha value is -3.66. The molecule has 10 heteroatoms. The summed E-state index contributed by atoms with van der Waals surface area (Å²) in [6.45, 7) is 3.61. The van der Waals surface area contributed by atoms with E-state index in [1.54, 1.807) is 22.9 Å². The average molecular weight is 494 g/mol. The highest BCUT2D eigenvalue weighted by Gasteiger charge is 2.31. The smallest absolute Gasteiger partial charge is 0.412 e. The van der Waals surface area contributed by atoms with Gasteiger partial charge in [-0.3, -0.25) is 14.5 Å². The number of nitrogens with zero attached hydrogens (tertiary/aromatic N) is 4. The van der Waals surface area contributed by atoms with E-state index in [-0.39, 0.29) is 30.2 Å². The molecule has 2 amide bonds. The second-order valence-corrected chi connectivity index (χ2v) is 9.51. The number of aromatic nitrogens is 3. The molecule has 3 aromatic rings. The molecule has 0 bridgehead atoms. The summed E-state index contributed by atoms with van der Waals surface area (Å²) in [5, 5.41) is 12.8. The van der Waals surface area contributed by atoms with E-state index in [1.807, 2.05) is 23.6 Å². The van der Waals surface area contributed by atoms with Crippen LogP contribution < -0.4 is 15.8 Å². The van der Waals surface area contributed by atoms with Crippen LogP contribution in [0, 0.1) is 0 Å². The Labute approximate surface area is 208 Å². The van der Waals surface area contributed by atoms with Crippen molar-refractivity contribution in [3.63, 3.8) is 0 Å². The topological polar surface area (TPSA) is 119 Å². The molecular formula is C26H31N5O5. The van der Waals surface area contributed by atoms with Crippen molar-refractivity contribution in [2.45, 2.75) is 64.3 Å². The lowest BCUT2D eigenvalue weighted by Gasteiger charge is -2.33. The molecule has 4 heterocycles. The summed E-state index contributed by atoms with van der Waals surface area (Å²) in [7, 11) is 0. The van der Waals surface area contributed by atoms with Crippen LogP contribution >= 0.6 is 0 Å². The fraction of sp³-hybridized carbons (Fsp3) is 0.462. The first-order valence-corrected chi connectivity index (χ1v) is 12.5. The summed E-state index contributed by atoms with van der Waals surface area (Å²) in [5.74, 6) is 0.545. The van der Waals surface area contributed by atoms with Crippen molar-refractivity contribution in [3.8, 4) is 0 Å². The number of fused-ring (bicyclic) bond motifs is 3. The summed E-state index contributed by atoms with van der Waals surface area (Å²) >= 11 is 0. The lowest BCUT2D eigenvalue weighted by atomic mass is 9.96. The molecule has 2 aliphatic rings. The highest BCUT2D eigenvalue weighted by atomic mass is 16.5. The van der Waals surface area contributed by atoms with Gasteiger partial charge in [-0.2, -0.15) is 0 Å². The Balaban J connectivity index is 1.48. The van der Waals surface area contributed by atoms with Crippen LogP contribution in [0.25, 0.3) is 11.0 Å². The van der Waals surface area contributed by atoms with Crippen molar-refractivity contribution >= 4 is 28.7 Å².